The van der Waals surface area contributed by atoms with Crippen LogP contribution in [0.2, 0.25) is 0 Å². The molecule has 0 fully saturated rings. The fourth-order valence-corrected chi connectivity index (χ4v) is 2.74. The molecule has 1 N–H and O–H groups in total. The molecule has 2 aromatic rings. The predicted molar refractivity (Wildman–Crippen MR) is 96.2 cm³/mol. The van der Waals surface area contributed by atoms with Crippen LogP contribution in [0, 0.1) is 0 Å². The number of ether oxygens (including phenoxy) is 1. The van der Waals surface area contributed by atoms with Crippen LogP contribution < -0.4 is 10.1 Å². The summed E-state index contributed by atoms with van der Waals surface area (Å²) in [6.07, 6.45) is 0.106. The van der Waals surface area contributed by atoms with E-state index in [1.165, 1.54) is 19.2 Å². The van der Waals surface area contributed by atoms with Gasteiger partial charge in [-0.2, -0.15) is 0 Å². The second-order valence-corrected chi connectivity index (χ2v) is 6.42. The first-order valence-corrected chi connectivity index (χ1v) is 8.37. The number of benzene rings is 2. The van der Waals surface area contributed by atoms with Gasteiger partial charge >= 0.3 is 0 Å². The Labute approximate surface area is 151 Å². The minimum absolute atomic E-state index is 0.106. The summed E-state index contributed by atoms with van der Waals surface area (Å²) in [5, 5.41) is 2.81. The molecule has 26 heavy (non-hydrogen) atoms. The van der Waals surface area contributed by atoms with Crippen molar-refractivity contribution >= 4 is 17.7 Å². The van der Waals surface area contributed by atoms with Gasteiger partial charge in [0.15, 0.2) is 0 Å². The van der Waals surface area contributed by atoms with Gasteiger partial charge in [-0.1, -0.05) is 12.1 Å². The predicted octanol–water partition coefficient (Wildman–Crippen LogP) is 2.63. The molecule has 1 aliphatic heterocycles. The number of hydrogen-bond acceptors (Lipinski definition) is 4. The molecule has 1 aliphatic rings. The Balaban J connectivity index is 1.66. The van der Waals surface area contributed by atoms with Crippen molar-refractivity contribution in [2.45, 2.75) is 26.5 Å². The van der Waals surface area contributed by atoms with Gasteiger partial charge in [0.25, 0.3) is 17.7 Å². The van der Waals surface area contributed by atoms with E-state index in [0.29, 0.717) is 17.7 Å². The van der Waals surface area contributed by atoms with Crippen LogP contribution in [-0.4, -0.2) is 35.8 Å². The standard InChI is InChI=1S/C20H20N2O4/c1-12(2)26-15-7-4-13(5-8-15)11-21-18(23)14-6-9-16-17(10-14)20(25)22(3)19(16)24/h4-10,12H,11H2,1-3H3,(H,21,23). The Kier molecular flexibility index (Phi) is 4.75. The zero-order chi connectivity index (χ0) is 18.8. The summed E-state index contributed by atoms with van der Waals surface area (Å²) in [5.41, 5.74) is 1.87. The maximum atomic E-state index is 12.4. The van der Waals surface area contributed by atoms with E-state index < -0.39 is 0 Å². The quantitative estimate of drug-likeness (QED) is 0.840. The summed E-state index contributed by atoms with van der Waals surface area (Å²) in [6.45, 7) is 4.27. The van der Waals surface area contributed by atoms with Crippen LogP contribution >= 0.6 is 0 Å². The first kappa shape index (κ1) is 17.7. The van der Waals surface area contributed by atoms with Crippen molar-refractivity contribution in [3.05, 3.63) is 64.7 Å². The summed E-state index contributed by atoms with van der Waals surface area (Å²) < 4.78 is 5.58. The van der Waals surface area contributed by atoms with E-state index in [1.807, 2.05) is 38.1 Å². The molecular formula is C20H20N2O4. The van der Waals surface area contributed by atoms with Crippen molar-refractivity contribution in [3.63, 3.8) is 0 Å². The Hall–Kier alpha value is -3.15. The summed E-state index contributed by atoms with van der Waals surface area (Å²) in [5.74, 6) is -0.257. The van der Waals surface area contributed by atoms with Crippen molar-refractivity contribution in [1.29, 1.82) is 0 Å². The third kappa shape index (κ3) is 3.44. The summed E-state index contributed by atoms with van der Waals surface area (Å²) >= 11 is 0. The van der Waals surface area contributed by atoms with Crippen LogP contribution in [0.1, 0.15) is 50.5 Å². The number of nitrogens with zero attached hydrogens (tertiary/aromatic N) is 1. The number of rotatable bonds is 5. The van der Waals surface area contributed by atoms with E-state index in [2.05, 4.69) is 5.32 Å². The van der Waals surface area contributed by atoms with Gasteiger partial charge < -0.3 is 10.1 Å². The first-order chi connectivity index (χ1) is 12.4. The average molecular weight is 352 g/mol. The van der Waals surface area contributed by atoms with Gasteiger partial charge in [0.2, 0.25) is 0 Å². The molecule has 0 atom stereocenters. The third-order valence-corrected chi connectivity index (χ3v) is 4.10. The highest BCUT2D eigenvalue weighted by Crippen LogP contribution is 2.22. The lowest BCUT2D eigenvalue weighted by molar-refractivity contribution is 0.0693. The molecule has 0 spiro atoms. The lowest BCUT2D eigenvalue weighted by Crippen LogP contribution is -2.24. The molecule has 2 aromatic carbocycles. The van der Waals surface area contributed by atoms with Crippen molar-refractivity contribution in [1.82, 2.24) is 10.2 Å². The summed E-state index contributed by atoms with van der Waals surface area (Å²) in [6, 6.07) is 12.0. The van der Waals surface area contributed by atoms with Gasteiger partial charge in [-0.05, 0) is 49.7 Å². The Morgan fingerprint density at radius 3 is 2.35 bits per heavy atom. The Morgan fingerprint density at radius 2 is 1.69 bits per heavy atom. The van der Waals surface area contributed by atoms with Gasteiger partial charge in [-0.3, -0.25) is 19.3 Å². The highest BCUT2D eigenvalue weighted by atomic mass is 16.5. The van der Waals surface area contributed by atoms with Gasteiger partial charge in [0, 0.05) is 19.2 Å². The van der Waals surface area contributed by atoms with Crippen LogP contribution in [0.4, 0.5) is 0 Å². The molecule has 0 aliphatic carbocycles. The number of amides is 3. The maximum absolute atomic E-state index is 12.4. The molecule has 1 heterocycles. The number of nitrogens with one attached hydrogen (secondary N) is 1. The van der Waals surface area contributed by atoms with Crippen LogP contribution in [0.25, 0.3) is 0 Å². The topological polar surface area (TPSA) is 75.7 Å². The Bertz CT molecular complexity index is 872. The van der Waals surface area contributed by atoms with Crippen LogP contribution in [0.5, 0.6) is 5.75 Å². The maximum Gasteiger partial charge on any atom is 0.261 e. The smallest absolute Gasteiger partial charge is 0.261 e. The van der Waals surface area contributed by atoms with E-state index in [9.17, 15) is 14.4 Å². The van der Waals surface area contributed by atoms with E-state index >= 15 is 0 Å². The van der Waals surface area contributed by atoms with Crippen molar-refractivity contribution in [2.24, 2.45) is 0 Å². The summed E-state index contributed by atoms with van der Waals surface area (Å²) in [7, 11) is 1.43. The van der Waals surface area contributed by atoms with E-state index in [0.717, 1.165) is 16.2 Å². The lowest BCUT2D eigenvalue weighted by atomic mass is 10.1. The molecule has 0 unspecified atom stereocenters. The first-order valence-electron chi connectivity index (χ1n) is 8.37. The number of imide groups is 1. The second-order valence-electron chi connectivity index (χ2n) is 6.42. The SMILES string of the molecule is CC(C)Oc1ccc(CNC(=O)c2ccc3c(c2)C(=O)N(C)C3=O)cc1. The zero-order valence-corrected chi connectivity index (χ0v) is 14.9. The van der Waals surface area contributed by atoms with Crippen molar-refractivity contribution < 1.29 is 19.1 Å². The molecule has 3 amide bonds. The van der Waals surface area contributed by atoms with E-state index in [4.69, 9.17) is 4.74 Å². The van der Waals surface area contributed by atoms with Gasteiger partial charge in [-0.15, -0.1) is 0 Å². The van der Waals surface area contributed by atoms with Gasteiger partial charge in [-0.25, -0.2) is 0 Å². The highest BCUT2D eigenvalue weighted by Gasteiger charge is 2.33. The molecule has 6 heteroatoms. The molecule has 0 saturated heterocycles. The van der Waals surface area contributed by atoms with Gasteiger partial charge in [0.1, 0.15) is 5.75 Å². The van der Waals surface area contributed by atoms with Crippen molar-refractivity contribution in [2.75, 3.05) is 7.05 Å². The molecule has 134 valence electrons. The fourth-order valence-electron chi connectivity index (χ4n) is 2.74. The molecule has 0 aromatic heterocycles. The Morgan fingerprint density at radius 1 is 1.04 bits per heavy atom. The number of carbonyl (C=O) groups excluding carboxylic acids is 3. The molecule has 3 rings (SSSR count). The minimum atomic E-state index is -0.389. The lowest BCUT2D eigenvalue weighted by Gasteiger charge is -2.10. The van der Waals surface area contributed by atoms with E-state index in [1.54, 1.807) is 6.07 Å². The third-order valence-electron chi connectivity index (χ3n) is 4.10. The average Bonchev–Trinajstić information content (AvgIpc) is 2.84. The molecule has 0 radical (unpaired) electrons. The number of carbonyl (C=O) groups is 3. The van der Waals surface area contributed by atoms with Crippen LogP contribution in [-0.2, 0) is 6.54 Å². The minimum Gasteiger partial charge on any atom is -0.491 e. The second kappa shape index (κ2) is 7.00. The number of hydrogen-bond donors (Lipinski definition) is 1. The summed E-state index contributed by atoms with van der Waals surface area (Å²) in [4.78, 5) is 37.3. The molecule has 6 nitrogen and oxygen atoms in total. The van der Waals surface area contributed by atoms with Gasteiger partial charge in [0.05, 0.1) is 17.2 Å². The number of fused-ring (bicyclic) bond motifs is 1. The van der Waals surface area contributed by atoms with Crippen molar-refractivity contribution in [3.8, 4) is 5.75 Å². The van der Waals surface area contributed by atoms with E-state index in [-0.39, 0.29) is 29.4 Å². The zero-order valence-electron chi connectivity index (χ0n) is 14.9. The monoisotopic (exact) mass is 352 g/mol. The largest absolute Gasteiger partial charge is 0.491 e. The van der Waals surface area contributed by atoms with Crippen LogP contribution in [0.3, 0.4) is 0 Å². The normalized spacial score (nSPS) is 13.2. The fraction of sp³-hybridized carbons (Fsp3) is 0.250. The molecule has 0 saturated carbocycles. The molecule has 0 bridgehead atoms. The van der Waals surface area contributed by atoms with Crippen LogP contribution in [0.15, 0.2) is 42.5 Å². The molecular weight excluding hydrogens is 332 g/mol. The highest BCUT2D eigenvalue weighted by molar-refractivity contribution is 6.21.